The van der Waals surface area contributed by atoms with Gasteiger partial charge in [0.1, 0.15) is 18.2 Å². The quantitative estimate of drug-likeness (QED) is 0.381. The van der Waals surface area contributed by atoms with Crippen molar-refractivity contribution >= 4 is 11.6 Å². The molecule has 0 unspecified atom stereocenters. The maximum absolute atomic E-state index is 6.37. The van der Waals surface area contributed by atoms with Crippen LogP contribution in [-0.4, -0.2) is 49.8 Å². The Hall–Kier alpha value is -0.970. The molecule has 0 spiro atoms. The van der Waals surface area contributed by atoms with Crippen LogP contribution >= 0.6 is 11.6 Å². The molecule has 1 saturated heterocycles. The Balaban J connectivity index is 1.48. The van der Waals surface area contributed by atoms with Crippen molar-refractivity contribution in [3.63, 3.8) is 0 Å². The van der Waals surface area contributed by atoms with Crippen molar-refractivity contribution in [1.29, 1.82) is 0 Å². The highest BCUT2D eigenvalue weighted by Crippen LogP contribution is 2.45. The molecule has 31 heavy (non-hydrogen) atoms. The Kier molecular flexibility index (Phi) is 8.95. The van der Waals surface area contributed by atoms with Crippen LogP contribution in [0.5, 0.6) is 11.5 Å². The summed E-state index contributed by atoms with van der Waals surface area (Å²) in [5.41, 5.74) is 0.364. The Bertz CT molecular complexity index is 656. The summed E-state index contributed by atoms with van der Waals surface area (Å²) in [6.07, 6.45) is 6.37. The molecule has 5 heteroatoms. The predicted molar refractivity (Wildman–Crippen MR) is 130 cm³/mol. The first-order valence-electron chi connectivity index (χ1n) is 12.1. The van der Waals surface area contributed by atoms with E-state index in [0.29, 0.717) is 29.5 Å². The van der Waals surface area contributed by atoms with Gasteiger partial charge in [0.15, 0.2) is 0 Å². The van der Waals surface area contributed by atoms with E-state index in [1.54, 1.807) is 7.11 Å². The molecule has 1 aliphatic heterocycles. The Labute approximate surface area is 195 Å². The van der Waals surface area contributed by atoms with Crippen LogP contribution in [0.25, 0.3) is 0 Å². The van der Waals surface area contributed by atoms with Crippen LogP contribution < -0.4 is 14.8 Å². The van der Waals surface area contributed by atoms with Crippen LogP contribution in [0.4, 0.5) is 0 Å². The lowest BCUT2D eigenvalue weighted by Crippen LogP contribution is -2.53. The Morgan fingerprint density at radius 3 is 2.29 bits per heavy atom. The molecule has 2 atom stereocenters. The summed E-state index contributed by atoms with van der Waals surface area (Å²) in [6.45, 7) is 13.6. The molecule has 1 aliphatic carbocycles. The number of hydrogen-bond donors (Lipinski definition) is 1. The molecule has 2 fully saturated rings. The second-order valence-electron chi connectivity index (χ2n) is 10.6. The van der Waals surface area contributed by atoms with Gasteiger partial charge in [0.05, 0.1) is 7.11 Å². The molecular formula is C26H43ClN2O2. The molecule has 3 rings (SSSR count). The number of benzene rings is 1. The maximum Gasteiger partial charge on any atom is 0.139 e. The number of methoxy groups -OCH3 is 1. The number of piperidine rings is 1. The molecule has 2 aliphatic rings. The molecule has 176 valence electrons. The van der Waals surface area contributed by atoms with Gasteiger partial charge < -0.3 is 14.4 Å². The fourth-order valence-corrected chi connectivity index (χ4v) is 5.94. The first-order chi connectivity index (χ1) is 14.8. The molecule has 0 aromatic heterocycles. The summed E-state index contributed by atoms with van der Waals surface area (Å²) in [4.78, 5) is 2.68. The molecule has 1 N–H and O–H groups in total. The van der Waals surface area contributed by atoms with E-state index >= 15 is 0 Å². The number of nitrogens with one attached hydrogen (secondary N) is 1. The zero-order chi connectivity index (χ0) is 22.4. The minimum Gasteiger partial charge on any atom is -0.497 e. The third kappa shape index (κ3) is 7.00. The van der Waals surface area contributed by atoms with E-state index in [1.807, 2.05) is 24.3 Å². The number of rotatable bonds is 9. The van der Waals surface area contributed by atoms with Crippen molar-refractivity contribution in [3.8, 4) is 11.5 Å². The summed E-state index contributed by atoms with van der Waals surface area (Å²) in [5.74, 6) is 3.96. The average molecular weight is 451 g/mol. The van der Waals surface area contributed by atoms with Gasteiger partial charge in [0.2, 0.25) is 0 Å². The van der Waals surface area contributed by atoms with Gasteiger partial charge in [-0.3, -0.25) is 5.32 Å². The molecule has 0 bridgehead atoms. The zero-order valence-electron chi connectivity index (χ0n) is 20.2. The minimum absolute atomic E-state index is 0.364. The van der Waals surface area contributed by atoms with Crippen molar-refractivity contribution < 1.29 is 9.47 Å². The molecule has 1 aromatic carbocycles. The van der Waals surface area contributed by atoms with Crippen LogP contribution in [0.2, 0.25) is 0 Å². The number of nitrogens with zero attached hydrogens (tertiary/aromatic N) is 1. The summed E-state index contributed by atoms with van der Waals surface area (Å²) in [5, 5.41) is 4.05. The summed E-state index contributed by atoms with van der Waals surface area (Å²) in [7, 11) is 1.68. The van der Waals surface area contributed by atoms with E-state index in [2.05, 4.69) is 37.9 Å². The maximum atomic E-state index is 6.37. The Morgan fingerprint density at radius 2 is 1.71 bits per heavy atom. The topological polar surface area (TPSA) is 33.7 Å². The van der Waals surface area contributed by atoms with Crippen LogP contribution in [-0.2, 0) is 0 Å². The third-order valence-corrected chi connectivity index (χ3v) is 8.00. The van der Waals surface area contributed by atoms with E-state index in [9.17, 15) is 0 Å². The van der Waals surface area contributed by atoms with Crippen molar-refractivity contribution in [1.82, 2.24) is 10.2 Å². The fourth-order valence-electron chi connectivity index (χ4n) is 5.69. The van der Waals surface area contributed by atoms with E-state index < -0.39 is 0 Å². The third-order valence-electron chi connectivity index (χ3n) is 7.57. The van der Waals surface area contributed by atoms with Crippen LogP contribution in [0.3, 0.4) is 0 Å². The SMILES string of the molecule is COc1ccc(OCN[C@@H](CN2CC[C@H](C3CCC(Cl)CC3)C(C)(C)C2)C(C)C)cc1. The van der Waals surface area contributed by atoms with Crippen LogP contribution in [0.1, 0.15) is 59.8 Å². The fraction of sp³-hybridized carbons (Fsp3) is 0.769. The lowest BCUT2D eigenvalue weighted by atomic mass is 9.64. The van der Waals surface area contributed by atoms with Crippen molar-refractivity contribution in [3.05, 3.63) is 24.3 Å². The highest BCUT2D eigenvalue weighted by Gasteiger charge is 2.41. The number of halogens is 1. The second-order valence-corrected chi connectivity index (χ2v) is 11.3. The number of likely N-dealkylation sites (tertiary alicyclic amines) is 1. The van der Waals surface area contributed by atoms with Crippen molar-refractivity contribution in [2.24, 2.45) is 23.2 Å². The van der Waals surface area contributed by atoms with Crippen molar-refractivity contribution in [2.75, 3.05) is 33.5 Å². The lowest BCUT2D eigenvalue weighted by Gasteiger charge is -2.49. The summed E-state index contributed by atoms with van der Waals surface area (Å²) >= 11 is 6.37. The van der Waals surface area contributed by atoms with Gasteiger partial charge in [-0.1, -0.05) is 27.7 Å². The molecular weight excluding hydrogens is 408 g/mol. The molecule has 1 saturated carbocycles. The van der Waals surface area contributed by atoms with Gasteiger partial charge >= 0.3 is 0 Å². The van der Waals surface area contributed by atoms with E-state index in [4.69, 9.17) is 21.1 Å². The van der Waals surface area contributed by atoms with Gasteiger partial charge in [-0.05, 0) is 86.1 Å². The predicted octanol–water partition coefficient (Wildman–Crippen LogP) is 5.79. The number of ether oxygens (including phenoxy) is 2. The molecule has 1 heterocycles. The standard InChI is InChI=1S/C26H43ClN2O2/c1-19(2)25(28-18-31-23-12-10-22(30-5)11-13-23)16-29-15-14-24(26(3,4)17-29)20-6-8-21(27)9-7-20/h10-13,19-21,24-25,28H,6-9,14-18H2,1-5H3/t20?,21?,24-,25+/m1/s1. The normalized spacial score (nSPS) is 27.8. The first kappa shape index (κ1) is 24.7. The van der Waals surface area contributed by atoms with E-state index in [1.165, 1.54) is 45.2 Å². The van der Waals surface area contributed by atoms with Gasteiger partial charge in [-0.25, -0.2) is 0 Å². The second kappa shape index (κ2) is 11.2. The lowest BCUT2D eigenvalue weighted by molar-refractivity contribution is 0.00383. The molecule has 4 nitrogen and oxygen atoms in total. The molecule has 0 radical (unpaired) electrons. The monoisotopic (exact) mass is 450 g/mol. The number of hydrogen-bond acceptors (Lipinski definition) is 4. The first-order valence-corrected chi connectivity index (χ1v) is 12.6. The minimum atomic E-state index is 0.364. The van der Waals surface area contributed by atoms with Crippen LogP contribution in [0, 0.1) is 23.2 Å². The van der Waals surface area contributed by atoms with Gasteiger partial charge in [0, 0.05) is 24.5 Å². The highest BCUT2D eigenvalue weighted by atomic mass is 35.5. The molecule has 1 aromatic rings. The summed E-state index contributed by atoms with van der Waals surface area (Å²) < 4.78 is 11.1. The van der Waals surface area contributed by atoms with Gasteiger partial charge in [-0.2, -0.15) is 0 Å². The van der Waals surface area contributed by atoms with Crippen molar-refractivity contribution in [2.45, 2.75) is 71.2 Å². The van der Waals surface area contributed by atoms with Gasteiger partial charge in [0.25, 0.3) is 0 Å². The molecule has 0 amide bonds. The van der Waals surface area contributed by atoms with Crippen LogP contribution in [0.15, 0.2) is 24.3 Å². The Morgan fingerprint density at radius 1 is 1.06 bits per heavy atom. The smallest absolute Gasteiger partial charge is 0.139 e. The largest absolute Gasteiger partial charge is 0.497 e. The summed E-state index contributed by atoms with van der Waals surface area (Å²) in [6, 6.07) is 8.19. The zero-order valence-corrected chi connectivity index (χ0v) is 21.0. The van der Waals surface area contributed by atoms with E-state index in [0.717, 1.165) is 29.9 Å². The van der Waals surface area contributed by atoms with E-state index in [-0.39, 0.29) is 0 Å². The number of alkyl halides is 1. The van der Waals surface area contributed by atoms with Gasteiger partial charge in [-0.15, -0.1) is 11.6 Å². The average Bonchev–Trinajstić information content (AvgIpc) is 2.74. The highest BCUT2D eigenvalue weighted by molar-refractivity contribution is 6.20.